The molecule has 0 spiro atoms. The van der Waals surface area contributed by atoms with Crippen LogP contribution in [0, 0.1) is 0 Å². The summed E-state index contributed by atoms with van der Waals surface area (Å²) in [6.07, 6.45) is 0. The molecule has 0 amide bonds. The van der Waals surface area contributed by atoms with Crippen LogP contribution in [0.4, 0.5) is 0 Å². The van der Waals surface area contributed by atoms with Gasteiger partial charge in [-0.15, -0.1) is 11.8 Å². The summed E-state index contributed by atoms with van der Waals surface area (Å²) >= 11 is 2.01. The topological polar surface area (TPSA) is 6.48 Å². The highest BCUT2D eigenvalue weighted by Crippen LogP contribution is 2.13. The van der Waals surface area contributed by atoms with E-state index in [2.05, 4.69) is 23.6 Å². The van der Waals surface area contributed by atoms with Crippen molar-refractivity contribution >= 4 is 11.8 Å². The summed E-state index contributed by atoms with van der Waals surface area (Å²) in [5.41, 5.74) is 0. The Morgan fingerprint density at radius 2 is 1.60 bits per heavy atom. The van der Waals surface area contributed by atoms with Crippen molar-refractivity contribution < 1.29 is 0 Å². The van der Waals surface area contributed by atoms with Gasteiger partial charge in [0.05, 0.1) is 6.67 Å². The molecule has 0 N–H and O–H groups in total. The summed E-state index contributed by atoms with van der Waals surface area (Å²) in [5.74, 6) is 2.43. The van der Waals surface area contributed by atoms with Gasteiger partial charge >= 0.3 is 0 Å². The van der Waals surface area contributed by atoms with Crippen LogP contribution in [0.15, 0.2) is 0 Å². The molecule has 0 aromatic carbocycles. The predicted octanol–water partition coefficient (Wildman–Crippen LogP) is 1.25. The molecular weight excluding hydrogens is 144 g/mol. The Morgan fingerprint density at radius 3 is 2.00 bits per heavy atom. The van der Waals surface area contributed by atoms with Gasteiger partial charge in [0.25, 0.3) is 0 Å². The third-order valence-corrected chi connectivity index (χ3v) is 2.94. The lowest BCUT2D eigenvalue weighted by molar-refractivity contribution is 0.170. The standard InChI is InChI=1S/C7H16N2S/c1-3-8-5-9(4-2)7-10-6-8/h3-7H2,1-2H3. The van der Waals surface area contributed by atoms with E-state index in [1.807, 2.05) is 11.8 Å². The maximum absolute atomic E-state index is 2.46. The van der Waals surface area contributed by atoms with Gasteiger partial charge in [-0.3, -0.25) is 9.80 Å². The van der Waals surface area contributed by atoms with Crippen LogP contribution in [0.25, 0.3) is 0 Å². The maximum atomic E-state index is 2.46. The average molecular weight is 160 g/mol. The monoisotopic (exact) mass is 160 g/mol. The fraction of sp³-hybridized carbons (Fsp3) is 1.00. The van der Waals surface area contributed by atoms with Gasteiger partial charge < -0.3 is 0 Å². The van der Waals surface area contributed by atoms with Crippen molar-refractivity contribution in [1.82, 2.24) is 9.80 Å². The lowest BCUT2D eigenvalue weighted by Crippen LogP contribution is -2.41. The molecule has 1 fully saturated rings. The summed E-state index contributed by atoms with van der Waals surface area (Å²) in [6, 6.07) is 0. The van der Waals surface area contributed by atoms with E-state index in [0.717, 1.165) is 0 Å². The number of thioether (sulfide) groups is 1. The summed E-state index contributed by atoms with van der Waals surface area (Å²) in [4.78, 5) is 4.91. The second kappa shape index (κ2) is 4.21. The Balaban J connectivity index is 2.25. The molecule has 0 aromatic rings. The fourth-order valence-corrected chi connectivity index (χ4v) is 2.17. The molecule has 0 bridgehead atoms. The van der Waals surface area contributed by atoms with E-state index < -0.39 is 0 Å². The minimum Gasteiger partial charge on any atom is -0.281 e. The highest BCUT2D eigenvalue weighted by Gasteiger charge is 2.13. The molecule has 0 aromatic heterocycles. The van der Waals surface area contributed by atoms with Crippen molar-refractivity contribution in [1.29, 1.82) is 0 Å². The van der Waals surface area contributed by atoms with Crippen molar-refractivity contribution in [2.75, 3.05) is 31.5 Å². The Morgan fingerprint density at radius 1 is 1.10 bits per heavy atom. The minimum atomic E-state index is 1.17. The molecule has 0 unspecified atom stereocenters. The van der Waals surface area contributed by atoms with Crippen LogP contribution in [0.2, 0.25) is 0 Å². The molecule has 0 saturated carbocycles. The molecule has 1 rings (SSSR count). The molecular formula is C7H16N2S. The van der Waals surface area contributed by atoms with Crippen LogP contribution in [0.5, 0.6) is 0 Å². The van der Waals surface area contributed by atoms with E-state index >= 15 is 0 Å². The van der Waals surface area contributed by atoms with E-state index in [4.69, 9.17) is 0 Å². The number of hydrogen-bond acceptors (Lipinski definition) is 3. The Hall–Kier alpha value is 0.270. The molecule has 3 heteroatoms. The zero-order valence-electron chi connectivity index (χ0n) is 6.84. The lowest BCUT2D eigenvalue weighted by atomic mass is 10.6. The van der Waals surface area contributed by atoms with Crippen LogP contribution in [0.1, 0.15) is 13.8 Å². The van der Waals surface area contributed by atoms with Crippen LogP contribution in [-0.4, -0.2) is 41.3 Å². The van der Waals surface area contributed by atoms with Crippen molar-refractivity contribution in [2.24, 2.45) is 0 Å². The Kier molecular flexibility index (Phi) is 3.52. The third-order valence-electron chi connectivity index (χ3n) is 1.84. The first-order valence-corrected chi connectivity index (χ1v) is 5.04. The highest BCUT2D eigenvalue weighted by molar-refractivity contribution is 7.99. The van der Waals surface area contributed by atoms with E-state index in [1.54, 1.807) is 0 Å². The van der Waals surface area contributed by atoms with Gasteiger partial charge in [0.15, 0.2) is 0 Å². The van der Waals surface area contributed by atoms with Gasteiger partial charge in [-0.2, -0.15) is 0 Å². The molecule has 60 valence electrons. The second-order valence-corrected chi connectivity index (χ2v) is 3.50. The van der Waals surface area contributed by atoms with Crippen molar-refractivity contribution in [3.05, 3.63) is 0 Å². The number of hydrogen-bond donors (Lipinski definition) is 0. The fourth-order valence-electron chi connectivity index (χ4n) is 1.05. The zero-order chi connectivity index (χ0) is 7.40. The summed E-state index contributed by atoms with van der Waals surface area (Å²) in [5, 5.41) is 0. The third kappa shape index (κ3) is 2.15. The number of nitrogens with zero attached hydrogens (tertiary/aromatic N) is 2. The molecule has 10 heavy (non-hydrogen) atoms. The summed E-state index contributed by atoms with van der Waals surface area (Å²) in [7, 11) is 0. The van der Waals surface area contributed by atoms with E-state index in [0.29, 0.717) is 0 Å². The van der Waals surface area contributed by atoms with Crippen molar-refractivity contribution in [3.63, 3.8) is 0 Å². The first-order chi connectivity index (χ1) is 4.86. The first kappa shape index (κ1) is 8.37. The summed E-state index contributed by atoms with van der Waals surface area (Å²) in [6.45, 7) is 7.98. The molecule has 0 atom stereocenters. The van der Waals surface area contributed by atoms with E-state index in [9.17, 15) is 0 Å². The van der Waals surface area contributed by atoms with Crippen LogP contribution in [-0.2, 0) is 0 Å². The lowest BCUT2D eigenvalue weighted by Gasteiger charge is -2.33. The molecule has 0 aliphatic carbocycles. The van der Waals surface area contributed by atoms with Crippen molar-refractivity contribution in [2.45, 2.75) is 13.8 Å². The average Bonchev–Trinajstić information content (AvgIpc) is 2.05. The minimum absolute atomic E-state index is 1.17. The molecule has 1 saturated heterocycles. The van der Waals surface area contributed by atoms with Crippen LogP contribution >= 0.6 is 11.8 Å². The predicted molar refractivity (Wildman–Crippen MR) is 47.0 cm³/mol. The van der Waals surface area contributed by atoms with Crippen molar-refractivity contribution in [3.8, 4) is 0 Å². The van der Waals surface area contributed by atoms with E-state index in [-0.39, 0.29) is 0 Å². The molecule has 2 nitrogen and oxygen atoms in total. The molecule has 1 aliphatic heterocycles. The SMILES string of the molecule is CCN1CSCN(CC)C1. The zero-order valence-corrected chi connectivity index (χ0v) is 7.65. The molecule has 0 radical (unpaired) electrons. The van der Waals surface area contributed by atoms with Crippen LogP contribution < -0.4 is 0 Å². The largest absolute Gasteiger partial charge is 0.281 e. The quantitative estimate of drug-likeness (QED) is 0.600. The van der Waals surface area contributed by atoms with Crippen LogP contribution in [0.3, 0.4) is 0 Å². The maximum Gasteiger partial charge on any atom is 0.0521 e. The normalized spacial score (nSPS) is 23.4. The summed E-state index contributed by atoms with van der Waals surface area (Å²) < 4.78 is 0. The molecule has 1 aliphatic rings. The van der Waals surface area contributed by atoms with Gasteiger partial charge in [-0.25, -0.2) is 0 Å². The first-order valence-electron chi connectivity index (χ1n) is 3.89. The van der Waals surface area contributed by atoms with Gasteiger partial charge in [-0.1, -0.05) is 13.8 Å². The number of rotatable bonds is 2. The second-order valence-electron chi connectivity index (χ2n) is 2.58. The molecule has 1 heterocycles. The van der Waals surface area contributed by atoms with E-state index in [1.165, 1.54) is 31.5 Å². The van der Waals surface area contributed by atoms with Gasteiger partial charge in [0, 0.05) is 11.8 Å². The van der Waals surface area contributed by atoms with Gasteiger partial charge in [-0.05, 0) is 13.1 Å². The Labute approximate surface area is 67.6 Å². The Bertz CT molecular complexity index is 87.6. The van der Waals surface area contributed by atoms with Gasteiger partial charge in [0.2, 0.25) is 0 Å². The van der Waals surface area contributed by atoms with Gasteiger partial charge in [0.1, 0.15) is 0 Å². The smallest absolute Gasteiger partial charge is 0.0521 e. The highest BCUT2D eigenvalue weighted by atomic mass is 32.2.